The zero-order valence-electron chi connectivity index (χ0n) is 9.77. The van der Waals surface area contributed by atoms with Crippen molar-refractivity contribution in [2.75, 3.05) is 7.05 Å². The third-order valence-corrected chi connectivity index (χ3v) is 2.77. The van der Waals surface area contributed by atoms with Crippen molar-refractivity contribution >= 4 is 11.6 Å². The van der Waals surface area contributed by atoms with E-state index in [4.69, 9.17) is 16.0 Å². The Bertz CT molecular complexity index is 498. The average molecular weight is 252 g/mol. The molecule has 1 unspecified atom stereocenters. The summed E-state index contributed by atoms with van der Waals surface area (Å²) in [5, 5.41) is 11.8. The number of rotatable bonds is 4. The molecule has 1 heterocycles. The normalized spacial score (nSPS) is 12.6. The van der Waals surface area contributed by atoms with Gasteiger partial charge in [-0.3, -0.25) is 0 Å². The van der Waals surface area contributed by atoms with Gasteiger partial charge in [-0.05, 0) is 31.7 Å². The molecule has 4 nitrogen and oxygen atoms in total. The van der Waals surface area contributed by atoms with Gasteiger partial charge in [0, 0.05) is 5.02 Å². The summed E-state index contributed by atoms with van der Waals surface area (Å²) in [5.41, 5.74) is 1.06. The summed E-state index contributed by atoms with van der Waals surface area (Å²) in [6, 6.07) is 7.69. The SMILES string of the molecule is CNC(C)c1nnc(Cc2cccc(Cl)c2)o1. The topological polar surface area (TPSA) is 51.0 Å². The summed E-state index contributed by atoms with van der Waals surface area (Å²) < 4.78 is 5.55. The van der Waals surface area contributed by atoms with Gasteiger partial charge in [-0.25, -0.2) is 0 Å². The Morgan fingerprint density at radius 2 is 2.24 bits per heavy atom. The first-order chi connectivity index (χ1) is 8.19. The highest BCUT2D eigenvalue weighted by Gasteiger charge is 2.12. The number of hydrogen-bond acceptors (Lipinski definition) is 4. The second-order valence-electron chi connectivity index (χ2n) is 3.85. The molecule has 0 aliphatic rings. The summed E-state index contributed by atoms with van der Waals surface area (Å²) in [6.45, 7) is 1.97. The maximum atomic E-state index is 5.91. The largest absolute Gasteiger partial charge is 0.423 e. The Hall–Kier alpha value is -1.39. The molecule has 0 saturated heterocycles. The average Bonchev–Trinajstić information content (AvgIpc) is 2.76. The van der Waals surface area contributed by atoms with Crippen molar-refractivity contribution in [2.24, 2.45) is 0 Å². The Balaban J connectivity index is 2.11. The molecule has 0 spiro atoms. The quantitative estimate of drug-likeness (QED) is 0.908. The van der Waals surface area contributed by atoms with Crippen LogP contribution in [0, 0.1) is 0 Å². The lowest BCUT2D eigenvalue weighted by Crippen LogP contribution is -2.12. The summed E-state index contributed by atoms with van der Waals surface area (Å²) in [5.74, 6) is 1.20. The molecule has 90 valence electrons. The van der Waals surface area contributed by atoms with Crippen LogP contribution in [0.1, 0.15) is 30.3 Å². The molecule has 0 fully saturated rings. The Labute approximate surface area is 105 Å². The first-order valence-corrected chi connectivity index (χ1v) is 5.81. The Morgan fingerprint density at radius 1 is 1.41 bits per heavy atom. The lowest BCUT2D eigenvalue weighted by Gasteiger charge is -2.02. The molecular weight excluding hydrogens is 238 g/mol. The highest BCUT2D eigenvalue weighted by Crippen LogP contribution is 2.16. The predicted octanol–water partition coefficient (Wildman–Crippen LogP) is 2.59. The summed E-state index contributed by atoms with van der Waals surface area (Å²) in [7, 11) is 1.85. The van der Waals surface area contributed by atoms with Crippen molar-refractivity contribution in [3.05, 3.63) is 46.6 Å². The Kier molecular flexibility index (Phi) is 3.76. The van der Waals surface area contributed by atoms with E-state index in [9.17, 15) is 0 Å². The van der Waals surface area contributed by atoms with Crippen molar-refractivity contribution in [3.8, 4) is 0 Å². The monoisotopic (exact) mass is 251 g/mol. The highest BCUT2D eigenvalue weighted by molar-refractivity contribution is 6.30. The van der Waals surface area contributed by atoms with Gasteiger partial charge in [0.25, 0.3) is 0 Å². The fraction of sp³-hybridized carbons (Fsp3) is 0.333. The predicted molar refractivity (Wildman–Crippen MR) is 66.0 cm³/mol. The Morgan fingerprint density at radius 3 is 2.94 bits per heavy atom. The number of halogens is 1. The number of nitrogens with zero attached hydrogens (tertiary/aromatic N) is 2. The molecular formula is C12H14ClN3O. The third-order valence-electron chi connectivity index (χ3n) is 2.53. The van der Waals surface area contributed by atoms with Crippen molar-refractivity contribution in [3.63, 3.8) is 0 Å². The fourth-order valence-electron chi connectivity index (χ4n) is 1.46. The second kappa shape index (κ2) is 5.29. The van der Waals surface area contributed by atoms with Crippen molar-refractivity contribution in [2.45, 2.75) is 19.4 Å². The van der Waals surface area contributed by atoms with Gasteiger partial charge in [0.1, 0.15) is 0 Å². The molecule has 17 heavy (non-hydrogen) atoms. The molecule has 0 saturated carbocycles. The van der Waals surface area contributed by atoms with Crippen LogP contribution in [0.4, 0.5) is 0 Å². The first kappa shape index (κ1) is 12.1. The molecule has 0 bridgehead atoms. The minimum absolute atomic E-state index is 0.0654. The zero-order valence-corrected chi connectivity index (χ0v) is 10.5. The molecule has 0 radical (unpaired) electrons. The number of aromatic nitrogens is 2. The van der Waals surface area contributed by atoms with Crippen LogP contribution < -0.4 is 5.32 Å². The van der Waals surface area contributed by atoms with Crippen molar-refractivity contribution < 1.29 is 4.42 Å². The standard InChI is InChI=1S/C12H14ClN3O/c1-8(14-2)12-16-15-11(17-12)7-9-4-3-5-10(13)6-9/h3-6,8,14H,7H2,1-2H3. The van der Waals surface area contributed by atoms with Gasteiger partial charge in [-0.15, -0.1) is 10.2 Å². The summed E-state index contributed by atoms with van der Waals surface area (Å²) in [4.78, 5) is 0. The lowest BCUT2D eigenvalue weighted by atomic mass is 10.1. The van der Waals surface area contributed by atoms with E-state index >= 15 is 0 Å². The molecule has 2 aromatic rings. The minimum Gasteiger partial charge on any atom is -0.423 e. The van der Waals surface area contributed by atoms with Gasteiger partial charge < -0.3 is 9.73 Å². The van der Waals surface area contributed by atoms with Gasteiger partial charge in [-0.1, -0.05) is 23.7 Å². The molecule has 0 aliphatic heterocycles. The number of hydrogen-bond donors (Lipinski definition) is 1. The number of nitrogens with one attached hydrogen (secondary N) is 1. The van der Waals surface area contributed by atoms with Crippen LogP contribution in [0.25, 0.3) is 0 Å². The molecule has 0 amide bonds. The third kappa shape index (κ3) is 3.05. The van der Waals surface area contributed by atoms with Gasteiger partial charge in [-0.2, -0.15) is 0 Å². The molecule has 1 N–H and O–H groups in total. The van der Waals surface area contributed by atoms with E-state index in [1.54, 1.807) is 0 Å². The fourth-order valence-corrected chi connectivity index (χ4v) is 1.67. The molecule has 1 aromatic carbocycles. The maximum Gasteiger partial charge on any atom is 0.233 e. The van der Waals surface area contributed by atoms with E-state index in [-0.39, 0.29) is 6.04 Å². The highest BCUT2D eigenvalue weighted by atomic mass is 35.5. The van der Waals surface area contributed by atoms with Gasteiger partial charge in [0.2, 0.25) is 11.8 Å². The summed E-state index contributed by atoms with van der Waals surface area (Å²) >= 11 is 5.91. The molecule has 2 rings (SSSR count). The van der Waals surface area contributed by atoms with E-state index in [1.165, 1.54) is 0 Å². The molecule has 1 atom stereocenters. The lowest BCUT2D eigenvalue weighted by molar-refractivity contribution is 0.410. The van der Waals surface area contributed by atoms with Crippen LogP contribution in [0.3, 0.4) is 0 Å². The van der Waals surface area contributed by atoms with Gasteiger partial charge in [0.05, 0.1) is 12.5 Å². The van der Waals surface area contributed by atoms with Crippen LogP contribution in [-0.4, -0.2) is 17.2 Å². The first-order valence-electron chi connectivity index (χ1n) is 5.43. The summed E-state index contributed by atoms with van der Waals surface area (Å²) in [6.07, 6.45) is 0.601. The van der Waals surface area contributed by atoms with E-state index < -0.39 is 0 Å². The van der Waals surface area contributed by atoms with Gasteiger partial charge >= 0.3 is 0 Å². The van der Waals surface area contributed by atoms with Crippen molar-refractivity contribution in [1.82, 2.24) is 15.5 Å². The second-order valence-corrected chi connectivity index (χ2v) is 4.29. The van der Waals surface area contributed by atoms with E-state index in [0.717, 1.165) is 5.56 Å². The van der Waals surface area contributed by atoms with E-state index in [1.807, 2.05) is 38.2 Å². The number of benzene rings is 1. The van der Waals surface area contributed by atoms with Crippen LogP contribution in [0.15, 0.2) is 28.7 Å². The van der Waals surface area contributed by atoms with Crippen LogP contribution in [0.2, 0.25) is 5.02 Å². The molecule has 0 aliphatic carbocycles. The van der Waals surface area contributed by atoms with Crippen molar-refractivity contribution in [1.29, 1.82) is 0 Å². The maximum absolute atomic E-state index is 5.91. The minimum atomic E-state index is 0.0654. The van der Waals surface area contributed by atoms with Crippen LogP contribution in [0.5, 0.6) is 0 Å². The molecule has 1 aromatic heterocycles. The van der Waals surface area contributed by atoms with Crippen LogP contribution >= 0.6 is 11.6 Å². The van der Waals surface area contributed by atoms with E-state index in [2.05, 4.69) is 15.5 Å². The zero-order chi connectivity index (χ0) is 12.3. The van der Waals surface area contributed by atoms with Crippen LogP contribution in [-0.2, 0) is 6.42 Å². The van der Waals surface area contributed by atoms with E-state index in [0.29, 0.717) is 23.2 Å². The van der Waals surface area contributed by atoms with Gasteiger partial charge in [0.15, 0.2) is 0 Å². The molecule has 5 heteroatoms. The smallest absolute Gasteiger partial charge is 0.233 e.